The van der Waals surface area contributed by atoms with Crippen LogP contribution in [-0.4, -0.2) is 65.2 Å². The molecule has 14 heteroatoms. The molecular weight excluding hydrogens is 610 g/mol. The Balaban J connectivity index is 1.46. The van der Waals surface area contributed by atoms with Crippen LogP contribution in [0.15, 0.2) is 41.8 Å². The second-order valence-corrected chi connectivity index (χ2v) is 12.5. The van der Waals surface area contributed by atoms with Crippen LogP contribution in [0.1, 0.15) is 50.5 Å². The van der Waals surface area contributed by atoms with Crippen LogP contribution < -0.4 is 10.2 Å². The highest BCUT2D eigenvalue weighted by molar-refractivity contribution is 7.96. The number of hydrogen-bond acceptors (Lipinski definition) is 10. The molecule has 1 saturated carbocycles. The van der Waals surface area contributed by atoms with Gasteiger partial charge in [0.25, 0.3) is 5.91 Å². The second-order valence-electron chi connectivity index (χ2n) is 10.7. The number of carbonyl (C=O) groups excluding carboxylic acids is 2. The fourth-order valence-electron chi connectivity index (χ4n) is 5.29. The van der Waals surface area contributed by atoms with Gasteiger partial charge in [-0.2, -0.15) is 5.10 Å². The Hall–Kier alpha value is -3.69. The van der Waals surface area contributed by atoms with E-state index in [9.17, 15) is 9.59 Å². The summed E-state index contributed by atoms with van der Waals surface area (Å²) >= 11 is 2.09. The van der Waals surface area contributed by atoms with E-state index >= 15 is 8.78 Å². The summed E-state index contributed by atoms with van der Waals surface area (Å²) in [6.07, 6.45) is 3.85. The molecule has 6 rings (SSSR count). The molecule has 2 aromatic heterocycles. The quantitative estimate of drug-likeness (QED) is 0.105. The van der Waals surface area contributed by atoms with Gasteiger partial charge < -0.3 is 9.64 Å². The molecule has 2 fully saturated rings. The van der Waals surface area contributed by atoms with Crippen LogP contribution in [0.3, 0.4) is 0 Å². The molecule has 0 atom stereocenters. The van der Waals surface area contributed by atoms with Crippen molar-refractivity contribution in [3.05, 3.63) is 81.5 Å². The van der Waals surface area contributed by atoms with Crippen LogP contribution in [0.25, 0.3) is 16.4 Å². The number of morpholine rings is 1. The summed E-state index contributed by atoms with van der Waals surface area (Å²) < 4.78 is 43.5. The third kappa shape index (κ3) is 6.40. The minimum atomic E-state index is -0.624. The monoisotopic (exact) mass is 640 g/mol. The van der Waals surface area contributed by atoms with Crippen molar-refractivity contribution in [2.75, 3.05) is 37.7 Å². The van der Waals surface area contributed by atoms with Crippen molar-refractivity contribution in [3.8, 4) is 16.4 Å². The molecule has 0 radical (unpaired) electrons. The number of anilines is 1. The summed E-state index contributed by atoms with van der Waals surface area (Å²) in [5, 5.41) is 7.14. The van der Waals surface area contributed by atoms with Crippen molar-refractivity contribution < 1.29 is 27.4 Å². The highest BCUT2D eigenvalue weighted by Crippen LogP contribution is 2.39. The van der Waals surface area contributed by atoms with Gasteiger partial charge in [0.2, 0.25) is 5.13 Å². The fourth-order valence-corrected chi connectivity index (χ4v) is 6.39. The third-order valence-electron chi connectivity index (χ3n) is 7.74. The van der Waals surface area contributed by atoms with E-state index in [-0.39, 0.29) is 5.56 Å². The molecule has 44 heavy (non-hydrogen) atoms. The molecule has 1 aliphatic carbocycles. The Labute approximate surface area is 261 Å². The lowest BCUT2D eigenvalue weighted by atomic mass is 9.95. The van der Waals surface area contributed by atoms with E-state index < -0.39 is 17.5 Å². The lowest BCUT2D eigenvalue weighted by Crippen LogP contribution is -2.41. The highest BCUT2D eigenvalue weighted by Gasteiger charge is 2.30. The number of aldehydes is 1. The Morgan fingerprint density at radius 1 is 1.20 bits per heavy atom. The predicted octanol–water partition coefficient (Wildman–Crippen LogP) is 4.99. The number of aromatic nitrogens is 3. The summed E-state index contributed by atoms with van der Waals surface area (Å²) in [7, 11) is 1.64. The van der Waals surface area contributed by atoms with Crippen molar-refractivity contribution in [3.63, 3.8) is 0 Å². The van der Waals surface area contributed by atoms with Crippen LogP contribution in [-0.2, 0) is 21.9 Å². The van der Waals surface area contributed by atoms with Crippen LogP contribution >= 0.6 is 23.6 Å². The number of nitrogens with zero attached hydrogens (tertiary/aromatic N) is 5. The molecule has 3 heterocycles. The second kappa shape index (κ2) is 13.1. The molecule has 0 bridgehead atoms. The van der Waals surface area contributed by atoms with Crippen LogP contribution in [0, 0.1) is 17.6 Å². The SMILES string of the molecule is CN(SON)c1ccc(Cc2c(-c3ccc(F)c(C(=O)N4CCOCC4)c3)nn(-c3nc(C=O)cs3)c2CC2CC2)cc1F. The van der Waals surface area contributed by atoms with E-state index in [0.29, 0.717) is 84.7 Å². The van der Waals surface area contributed by atoms with Crippen molar-refractivity contribution in [2.45, 2.75) is 25.7 Å². The third-order valence-corrected chi connectivity index (χ3v) is 9.08. The molecule has 1 saturated heterocycles. The molecule has 2 N–H and O–H groups in total. The van der Waals surface area contributed by atoms with Gasteiger partial charge in [0.05, 0.1) is 35.9 Å². The summed E-state index contributed by atoms with van der Waals surface area (Å²) in [5.74, 6) is 4.10. The number of nitrogens with two attached hydrogens (primary N) is 1. The molecule has 0 unspecified atom stereocenters. The first-order chi connectivity index (χ1) is 21.4. The number of amides is 1. The van der Waals surface area contributed by atoms with E-state index in [1.54, 1.807) is 34.1 Å². The van der Waals surface area contributed by atoms with Crippen LogP contribution in [0.2, 0.25) is 0 Å². The smallest absolute Gasteiger partial charge is 0.257 e. The van der Waals surface area contributed by atoms with Gasteiger partial charge in [-0.25, -0.2) is 28.6 Å². The molecule has 0 spiro atoms. The zero-order valence-electron chi connectivity index (χ0n) is 23.9. The van der Waals surface area contributed by atoms with E-state index in [2.05, 4.69) is 9.27 Å². The van der Waals surface area contributed by atoms with E-state index in [4.69, 9.17) is 15.7 Å². The number of rotatable bonds is 11. The summed E-state index contributed by atoms with van der Waals surface area (Å²) in [4.78, 5) is 30.8. The van der Waals surface area contributed by atoms with Gasteiger partial charge in [-0.3, -0.25) is 13.9 Å². The molecule has 4 aromatic rings. The standard InChI is InChI=1S/C30H30F2N6O4S2/c1-36(44-42-33)26-7-4-19(13-25(26)32)12-23-27(14-18-2-3-18)38(30-34-21(16-39)17-43-30)35-28(23)20-5-6-24(31)22(15-20)29(40)37-8-10-41-11-9-37/h4-7,13,15-18H,2-3,8-12,14,33H2,1H3. The Morgan fingerprint density at radius 2 is 2.00 bits per heavy atom. The van der Waals surface area contributed by atoms with Gasteiger partial charge in [0, 0.05) is 43.1 Å². The normalized spacial score (nSPS) is 15.0. The number of ether oxygens (including phenoxy) is 1. The first kappa shape index (κ1) is 30.3. The summed E-state index contributed by atoms with van der Waals surface area (Å²) in [6.45, 7) is 1.55. The summed E-state index contributed by atoms with van der Waals surface area (Å²) in [5.41, 5.74) is 4.02. The van der Waals surface area contributed by atoms with E-state index in [0.717, 1.165) is 36.3 Å². The average Bonchev–Trinajstić information content (AvgIpc) is 3.61. The van der Waals surface area contributed by atoms with Gasteiger partial charge in [-0.1, -0.05) is 6.07 Å². The molecule has 10 nitrogen and oxygen atoms in total. The van der Waals surface area contributed by atoms with Crippen LogP contribution in [0.4, 0.5) is 14.5 Å². The van der Waals surface area contributed by atoms with Gasteiger partial charge in [-0.05, 0) is 61.1 Å². The first-order valence-electron chi connectivity index (χ1n) is 14.1. The topological polar surface area (TPSA) is 116 Å². The lowest BCUT2D eigenvalue weighted by molar-refractivity contribution is 0.0300. The average molecular weight is 641 g/mol. The van der Waals surface area contributed by atoms with Gasteiger partial charge in [-0.15, -0.1) is 11.3 Å². The first-order valence-corrected chi connectivity index (χ1v) is 15.7. The molecular formula is C30H30F2N6O4S2. The van der Waals surface area contributed by atoms with Crippen molar-refractivity contribution in [1.82, 2.24) is 19.7 Å². The maximum Gasteiger partial charge on any atom is 0.257 e. The molecule has 2 aliphatic rings. The molecule has 1 aliphatic heterocycles. The maximum absolute atomic E-state index is 15.2. The van der Waals surface area contributed by atoms with Gasteiger partial charge >= 0.3 is 0 Å². The maximum atomic E-state index is 15.2. The Morgan fingerprint density at radius 3 is 2.68 bits per heavy atom. The molecule has 1 amide bonds. The van der Waals surface area contributed by atoms with E-state index in [1.807, 2.05) is 6.07 Å². The van der Waals surface area contributed by atoms with Crippen molar-refractivity contribution >= 4 is 41.4 Å². The largest absolute Gasteiger partial charge is 0.378 e. The number of thiazole rings is 1. The zero-order chi connectivity index (χ0) is 30.8. The minimum absolute atomic E-state index is 0.0517. The Kier molecular flexibility index (Phi) is 9.05. The highest BCUT2D eigenvalue weighted by atomic mass is 32.2. The fraction of sp³-hybridized carbons (Fsp3) is 0.333. The lowest BCUT2D eigenvalue weighted by Gasteiger charge is -2.27. The number of benzene rings is 2. The molecule has 230 valence electrons. The van der Waals surface area contributed by atoms with E-state index in [1.165, 1.54) is 33.8 Å². The predicted molar refractivity (Wildman–Crippen MR) is 164 cm³/mol. The number of halogens is 2. The number of hydrogen-bond donors (Lipinski definition) is 1. The van der Waals surface area contributed by atoms with Gasteiger partial charge in [0.15, 0.2) is 6.29 Å². The van der Waals surface area contributed by atoms with Crippen LogP contribution in [0.5, 0.6) is 0 Å². The summed E-state index contributed by atoms with van der Waals surface area (Å²) in [6, 6.07) is 9.34. The van der Waals surface area contributed by atoms with Gasteiger partial charge in [0.1, 0.15) is 29.6 Å². The number of carbonyl (C=O) groups is 2. The minimum Gasteiger partial charge on any atom is -0.378 e. The Bertz CT molecular complexity index is 1690. The zero-order valence-corrected chi connectivity index (χ0v) is 25.5. The molecule has 2 aromatic carbocycles. The van der Waals surface area contributed by atoms with Crippen molar-refractivity contribution in [2.24, 2.45) is 11.8 Å². The van der Waals surface area contributed by atoms with Crippen molar-refractivity contribution in [1.29, 1.82) is 0 Å².